The molecule has 0 spiro atoms. The molecule has 6 nitrogen and oxygen atoms in total. The first-order valence-electron chi connectivity index (χ1n) is 33.2. The Morgan fingerprint density at radius 2 is 0.460 bits per heavy atom. The molecule has 13 aromatic carbocycles. The molecule has 0 unspecified atom stereocenters. The molecule has 0 saturated carbocycles. The van der Waals surface area contributed by atoms with E-state index in [1.54, 1.807) is 0 Å². The van der Waals surface area contributed by atoms with Crippen LogP contribution in [0.1, 0.15) is 0 Å². The predicted octanol–water partition coefficient (Wildman–Crippen LogP) is 25.0. The molecule has 0 amide bonds. The molecule has 0 N–H and O–H groups in total. The van der Waals surface area contributed by atoms with Crippen LogP contribution < -0.4 is 0 Å². The summed E-state index contributed by atoms with van der Waals surface area (Å²) in [5.74, 6) is 0. The summed E-state index contributed by atoms with van der Waals surface area (Å²) in [4.78, 5) is 15.3. The SMILES string of the molecule is [Ir+3].[c-]1cc(-c2cccc3oc4ccccc4c23)ccc1-c1ccc(-c2ccccc2-c2cc(-c3ccccc3-c3ccc(-c4[c-]cc(-c5cccc6oc7ccccc7c56)cc4)nc3)cc(-c3ccccc3-c3ccc(-c4[c-]cc(-c5cccc6oc7ccccc7c56)cc4)nc3)c2)cn1. The van der Waals surface area contributed by atoms with Crippen LogP contribution in [0.25, 0.3) is 200 Å². The normalized spacial score (nSPS) is 11.5. The largest absolute Gasteiger partial charge is 3.00 e. The standard InChI is InChI=1S/C93H54N3O3.Ir/c1-4-19-73(70(16-1)64-46-49-82(94-55-64)61-40-34-58(35-41-61)76-25-13-31-88-91(76)79-22-7-10-28-85(79)97-88)67-52-68(74-20-5-2-17-71(74)65-47-50-83(95-56-65)62-42-36-59(37-43-62)77-26-14-32-89-92(77)80-23-8-11-29-86(80)98-89)54-69(53-67)75-21-6-3-18-72(75)66-48-51-84(96-57-66)63-44-38-60(39-45-63)78-27-15-33-90-93(78)81-24-9-12-30-87(81)99-90;/h1-40,42,44,46-57H;/q-3;+3. The van der Waals surface area contributed by atoms with Crippen LogP contribution in [0.4, 0.5) is 0 Å². The van der Waals surface area contributed by atoms with E-state index >= 15 is 0 Å². The summed E-state index contributed by atoms with van der Waals surface area (Å²) in [6, 6.07) is 119. The Morgan fingerprint density at radius 3 is 0.730 bits per heavy atom. The Hall–Kier alpha value is -12.6. The van der Waals surface area contributed by atoms with Crippen molar-refractivity contribution >= 4 is 65.8 Å². The van der Waals surface area contributed by atoms with Crippen LogP contribution >= 0.6 is 0 Å². The summed E-state index contributed by atoms with van der Waals surface area (Å²) < 4.78 is 18.7. The minimum atomic E-state index is 0. The molecule has 0 bridgehead atoms. The topological polar surface area (TPSA) is 78.1 Å². The Balaban J connectivity index is 0.00000720. The summed E-state index contributed by atoms with van der Waals surface area (Å²) in [7, 11) is 0. The molecule has 19 aromatic rings. The van der Waals surface area contributed by atoms with Crippen LogP contribution in [-0.2, 0) is 20.1 Å². The Labute approximate surface area is 590 Å². The van der Waals surface area contributed by atoms with Gasteiger partial charge in [-0.3, -0.25) is 0 Å². The van der Waals surface area contributed by atoms with Crippen LogP contribution in [-0.4, -0.2) is 15.0 Å². The molecule has 7 heteroatoms. The van der Waals surface area contributed by atoms with Gasteiger partial charge in [0.25, 0.3) is 0 Å². The van der Waals surface area contributed by atoms with Crippen molar-refractivity contribution in [3.8, 4) is 134 Å². The minimum Gasteiger partial charge on any atom is -0.456 e. The van der Waals surface area contributed by atoms with Crippen molar-refractivity contribution in [1.82, 2.24) is 15.0 Å². The summed E-state index contributed by atoms with van der Waals surface area (Å²) >= 11 is 0. The van der Waals surface area contributed by atoms with Crippen molar-refractivity contribution < 1.29 is 33.4 Å². The molecule has 0 aliphatic heterocycles. The zero-order valence-electron chi connectivity index (χ0n) is 53.6. The van der Waals surface area contributed by atoms with Crippen molar-refractivity contribution in [1.29, 1.82) is 0 Å². The molecule has 0 aliphatic rings. The van der Waals surface area contributed by atoms with Crippen molar-refractivity contribution in [2.45, 2.75) is 0 Å². The van der Waals surface area contributed by atoms with E-state index in [0.29, 0.717) is 0 Å². The number of nitrogens with zero attached hydrogens (tertiary/aromatic N) is 3. The second-order valence-electron chi connectivity index (χ2n) is 25.0. The van der Waals surface area contributed by atoms with Crippen molar-refractivity contribution in [2.75, 3.05) is 0 Å². The molecular formula is C93H54IrN3O3. The fraction of sp³-hybridized carbons (Fsp3) is 0. The van der Waals surface area contributed by atoms with Gasteiger partial charge in [0.05, 0.1) is 0 Å². The average molecular weight is 1450 g/mol. The van der Waals surface area contributed by atoms with Crippen LogP contribution in [0, 0.1) is 18.2 Å². The van der Waals surface area contributed by atoms with Crippen LogP contribution in [0.2, 0.25) is 0 Å². The summed E-state index contributed by atoms with van der Waals surface area (Å²) in [6.45, 7) is 0. The van der Waals surface area contributed by atoms with E-state index in [-0.39, 0.29) is 20.1 Å². The molecule has 0 atom stereocenters. The Kier molecular flexibility index (Phi) is 15.0. The van der Waals surface area contributed by atoms with E-state index < -0.39 is 0 Å². The molecule has 0 radical (unpaired) electrons. The number of para-hydroxylation sites is 3. The van der Waals surface area contributed by atoms with Gasteiger partial charge in [0, 0.05) is 50.9 Å². The average Bonchev–Trinajstić information content (AvgIpc) is 1.46. The van der Waals surface area contributed by atoms with Crippen molar-refractivity contribution in [3.05, 3.63) is 346 Å². The van der Waals surface area contributed by atoms with Gasteiger partial charge in [0.15, 0.2) is 0 Å². The van der Waals surface area contributed by atoms with Gasteiger partial charge in [-0.1, -0.05) is 217 Å². The Morgan fingerprint density at radius 1 is 0.210 bits per heavy atom. The second kappa shape index (κ2) is 25.1. The van der Waals surface area contributed by atoms with Gasteiger partial charge in [0.1, 0.15) is 33.5 Å². The third kappa shape index (κ3) is 10.6. The van der Waals surface area contributed by atoms with Gasteiger partial charge in [-0.05, 0) is 155 Å². The first-order valence-corrected chi connectivity index (χ1v) is 33.2. The van der Waals surface area contributed by atoms with Crippen LogP contribution in [0.5, 0.6) is 0 Å². The zero-order chi connectivity index (χ0) is 65.3. The maximum atomic E-state index is 6.23. The van der Waals surface area contributed by atoms with Crippen molar-refractivity contribution in [2.24, 2.45) is 0 Å². The van der Waals surface area contributed by atoms with Crippen LogP contribution in [0.3, 0.4) is 0 Å². The van der Waals surface area contributed by atoms with Gasteiger partial charge in [-0.2, -0.15) is 0 Å². The van der Waals surface area contributed by atoms with E-state index in [4.69, 9.17) is 28.2 Å². The van der Waals surface area contributed by atoms with Gasteiger partial charge >= 0.3 is 20.1 Å². The molecule has 100 heavy (non-hydrogen) atoms. The third-order valence-corrected chi connectivity index (χ3v) is 19.3. The number of benzene rings is 13. The second-order valence-corrected chi connectivity index (χ2v) is 25.0. The predicted molar refractivity (Wildman–Crippen MR) is 403 cm³/mol. The molecule has 0 aliphatic carbocycles. The number of hydrogen-bond acceptors (Lipinski definition) is 6. The molecule has 6 aromatic heterocycles. The monoisotopic (exact) mass is 1450 g/mol. The Bertz CT molecular complexity index is 5680. The number of furan rings is 3. The maximum absolute atomic E-state index is 6.23. The third-order valence-electron chi connectivity index (χ3n) is 19.3. The van der Waals surface area contributed by atoms with Gasteiger partial charge in [0.2, 0.25) is 0 Å². The molecule has 19 rings (SSSR count). The van der Waals surface area contributed by atoms with Crippen molar-refractivity contribution in [3.63, 3.8) is 0 Å². The van der Waals surface area contributed by atoms with Gasteiger partial charge < -0.3 is 28.2 Å². The van der Waals surface area contributed by atoms with Gasteiger partial charge in [-0.15, -0.1) is 89.5 Å². The van der Waals surface area contributed by atoms with E-state index in [1.807, 2.05) is 73.2 Å². The zero-order valence-corrected chi connectivity index (χ0v) is 56.0. The number of aromatic nitrogens is 3. The molecule has 0 saturated heterocycles. The van der Waals surface area contributed by atoms with Crippen LogP contribution in [0.15, 0.2) is 341 Å². The molecule has 6 heterocycles. The minimum absolute atomic E-state index is 0. The molecule has 468 valence electrons. The fourth-order valence-electron chi connectivity index (χ4n) is 14.5. The molecular weight excluding hydrogens is 1400 g/mol. The molecule has 0 fully saturated rings. The quantitative estimate of drug-likeness (QED) is 0.113. The fourth-order valence-corrected chi connectivity index (χ4v) is 14.5. The summed E-state index contributed by atoms with van der Waals surface area (Å²) in [5, 5.41) is 6.61. The smallest absolute Gasteiger partial charge is 0.456 e. The van der Waals surface area contributed by atoms with E-state index in [0.717, 1.165) is 200 Å². The number of hydrogen-bond donors (Lipinski definition) is 0. The van der Waals surface area contributed by atoms with E-state index in [1.165, 1.54) is 0 Å². The number of fused-ring (bicyclic) bond motifs is 9. The summed E-state index contributed by atoms with van der Waals surface area (Å²) in [6.07, 6.45) is 5.96. The van der Waals surface area contributed by atoms with Gasteiger partial charge in [-0.25, -0.2) is 0 Å². The van der Waals surface area contributed by atoms with E-state index in [9.17, 15) is 0 Å². The number of rotatable bonds is 12. The maximum Gasteiger partial charge on any atom is 3.00 e. The summed E-state index contributed by atoms with van der Waals surface area (Å²) in [5.41, 5.74) is 29.6. The number of pyridine rings is 3. The van der Waals surface area contributed by atoms with E-state index in [2.05, 4.69) is 273 Å². The first kappa shape index (κ1) is 59.8. The first-order chi connectivity index (χ1) is 49.0.